The molecule has 0 spiro atoms. The lowest BCUT2D eigenvalue weighted by Gasteiger charge is -1.99. The maximum atomic E-state index is 10.6. The van der Waals surface area contributed by atoms with Crippen molar-refractivity contribution in [3.8, 4) is 6.07 Å². The van der Waals surface area contributed by atoms with E-state index in [2.05, 4.69) is 0 Å². The summed E-state index contributed by atoms with van der Waals surface area (Å²) in [6.07, 6.45) is 0. The van der Waals surface area contributed by atoms with E-state index in [1.54, 1.807) is 12.1 Å². The lowest BCUT2D eigenvalue weighted by atomic mass is 10.2. The van der Waals surface area contributed by atoms with E-state index in [1.807, 2.05) is 6.92 Å². The summed E-state index contributed by atoms with van der Waals surface area (Å²) in [4.78, 5) is 10.9. The molecular formula is C9H8N2O2S. The topological polar surface area (TPSA) is 66.9 Å². The molecule has 1 rings (SSSR count). The van der Waals surface area contributed by atoms with Crippen molar-refractivity contribution in [2.24, 2.45) is 0 Å². The van der Waals surface area contributed by atoms with Gasteiger partial charge < -0.3 is 0 Å². The van der Waals surface area contributed by atoms with E-state index in [0.29, 0.717) is 0 Å². The van der Waals surface area contributed by atoms with Crippen LogP contribution in [0.3, 0.4) is 0 Å². The molecule has 0 aliphatic heterocycles. The lowest BCUT2D eigenvalue weighted by Crippen LogP contribution is -1.92. The van der Waals surface area contributed by atoms with Crippen molar-refractivity contribution in [2.75, 3.05) is 5.75 Å². The largest absolute Gasteiger partial charge is 0.288 e. The van der Waals surface area contributed by atoms with Crippen LogP contribution in [0, 0.1) is 21.4 Å². The van der Waals surface area contributed by atoms with Crippen LogP contribution in [0.25, 0.3) is 0 Å². The first-order chi connectivity index (χ1) is 6.69. The van der Waals surface area contributed by atoms with Gasteiger partial charge in [-0.15, -0.1) is 11.8 Å². The predicted octanol–water partition coefficient (Wildman–Crippen LogP) is 2.58. The minimum absolute atomic E-state index is 0.107. The van der Waals surface area contributed by atoms with Gasteiger partial charge in [-0.05, 0) is 17.9 Å². The van der Waals surface area contributed by atoms with Crippen molar-refractivity contribution in [2.45, 2.75) is 11.8 Å². The quantitative estimate of drug-likeness (QED) is 0.435. The molecule has 0 amide bonds. The Hall–Kier alpha value is -1.54. The van der Waals surface area contributed by atoms with Gasteiger partial charge in [-0.1, -0.05) is 6.92 Å². The molecule has 0 heterocycles. The average Bonchev–Trinajstić information content (AvgIpc) is 2.18. The van der Waals surface area contributed by atoms with Crippen LogP contribution < -0.4 is 0 Å². The zero-order valence-corrected chi connectivity index (χ0v) is 8.37. The maximum Gasteiger partial charge on any atom is 0.288 e. The highest BCUT2D eigenvalue weighted by Crippen LogP contribution is 2.25. The molecule has 0 aliphatic rings. The molecular weight excluding hydrogens is 200 g/mol. The standard InChI is InChI=1S/C9H8N2O2S/c1-2-14-8-4-3-7(6-10)9(5-8)11(12)13/h3-5H,2H2,1H3. The second-order valence-corrected chi connectivity index (χ2v) is 3.82. The summed E-state index contributed by atoms with van der Waals surface area (Å²) >= 11 is 1.51. The van der Waals surface area contributed by atoms with Gasteiger partial charge in [-0.2, -0.15) is 5.26 Å². The fourth-order valence-electron chi connectivity index (χ4n) is 1.01. The molecule has 0 aliphatic carbocycles. The number of hydrogen-bond acceptors (Lipinski definition) is 4. The summed E-state index contributed by atoms with van der Waals surface area (Å²) in [6.45, 7) is 1.97. The first-order valence-corrected chi connectivity index (χ1v) is 4.99. The van der Waals surface area contributed by atoms with E-state index in [0.717, 1.165) is 10.6 Å². The van der Waals surface area contributed by atoms with E-state index in [1.165, 1.54) is 23.9 Å². The zero-order chi connectivity index (χ0) is 10.6. The summed E-state index contributed by atoms with van der Waals surface area (Å²) in [5, 5.41) is 19.2. The van der Waals surface area contributed by atoms with Crippen molar-refractivity contribution >= 4 is 17.4 Å². The Labute approximate surface area is 85.7 Å². The van der Waals surface area contributed by atoms with Crippen molar-refractivity contribution < 1.29 is 4.92 Å². The number of nitriles is 1. The molecule has 0 saturated heterocycles. The van der Waals surface area contributed by atoms with Gasteiger partial charge in [0.15, 0.2) is 0 Å². The van der Waals surface area contributed by atoms with Gasteiger partial charge in [0.1, 0.15) is 11.6 Å². The molecule has 72 valence electrons. The van der Waals surface area contributed by atoms with Crippen molar-refractivity contribution in [1.29, 1.82) is 5.26 Å². The van der Waals surface area contributed by atoms with Crippen LogP contribution in [0.1, 0.15) is 12.5 Å². The minimum atomic E-state index is -0.529. The van der Waals surface area contributed by atoms with Gasteiger partial charge in [0.25, 0.3) is 5.69 Å². The molecule has 0 unspecified atom stereocenters. The van der Waals surface area contributed by atoms with E-state index in [4.69, 9.17) is 5.26 Å². The third-order valence-corrected chi connectivity index (χ3v) is 2.47. The fourth-order valence-corrected chi connectivity index (χ4v) is 1.71. The zero-order valence-electron chi connectivity index (χ0n) is 7.56. The van der Waals surface area contributed by atoms with Crippen LogP contribution in [-0.4, -0.2) is 10.7 Å². The fraction of sp³-hybridized carbons (Fsp3) is 0.222. The Morgan fingerprint density at radius 3 is 2.86 bits per heavy atom. The average molecular weight is 208 g/mol. The van der Waals surface area contributed by atoms with Gasteiger partial charge in [0.2, 0.25) is 0 Å². The Balaban J connectivity index is 3.16. The van der Waals surface area contributed by atoms with E-state index >= 15 is 0 Å². The Kier molecular flexibility index (Phi) is 3.48. The van der Waals surface area contributed by atoms with Gasteiger partial charge in [-0.25, -0.2) is 0 Å². The number of nitrogens with zero attached hydrogens (tertiary/aromatic N) is 2. The molecule has 1 aromatic carbocycles. The molecule has 5 heteroatoms. The first kappa shape index (κ1) is 10.5. The monoisotopic (exact) mass is 208 g/mol. The van der Waals surface area contributed by atoms with Gasteiger partial charge in [0.05, 0.1) is 4.92 Å². The molecule has 0 fully saturated rings. The number of benzene rings is 1. The van der Waals surface area contributed by atoms with Crippen LogP contribution >= 0.6 is 11.8 Å². The van der Waals surface area contributed by atoms with Crippen molar-refractivity contribution in [3.63, 3.8) is 0 Å². The third-order valence-electron chi connectivity index (χ3n) is 1.60. The predicted molar refractivity (Wildman–Crippen MR) is 54.2 cm³/mol. The Bertz CT molecular complexity index is 398. The van der Waals surface area contributed by atoms with Crippen LogP contribution in [0.2, 0.25) is 0 Å². The number of rotatable bonds is 3. The number of hydrogen-bond donors (Lipinski definition) is 0. The highest BCUT2D eigenvalue weighted by Gasteiger charge is 2.13. The van der Waals surface area contributed by atoms with Crippen LogP contribution in [0.15, 0.2) is 23.1 Å². The molecule has 0 aromatic heterocycles. The Morgan fingerprint density at radius 2 is 2.36 bits per heavy atom. The SMILES string of the molecule is CCSc1ccc(C#N)c([N+](=O)[O-])c1. The van der Waals surface area contributed by atoms with Crippen molar-refractivity contribution in [1.82, 2.24) is 0 Å². The second kappa shape index (κ2) is 4.63. The number of nitro groups is 1. The molecule has 0 N–H and O–H groups in total. The second-order valence-electron chi connectivity index (χ2n) is 2.48. The van der Waals surface area contributed by atoms with Gasteiger partial charge in [0, 0.05) is 11.0 Å². The molecule has 0 saturated carbocycles. The van der Waals surface area contributed by atoms with Crippen LogP contribution in [0.5, 0.6) is 0 Å². The maximum absolute atomic E-state index is 10.6. The Morgan fingerprint density at radius 1 is 1.64 bits per heavy atom. The van der Waals surface area contributed by atoms with Crippen LogP contribution in [0.4, 0.5) is 5.69 Å². The summed E-state index contributed by atoms with van der Waals surface area (Å²) in [6, 6.07) is 6.44. The summed E-state index contributed by atoms with van der Waals surface area (Å²) in [7, 11) is 0. The summed E-state index contributed by atoms with van der Waals surface area (Å²) < 4.78 is 0. The van der Waals surface area contributed by atoms with Gasteiger partial charge >= 0.3 is 0 Å². The first-order valence-electron chi connectivity index (χ1n) is 4.00. The summed E-state index contributed by atoms with van der Waals surface area (Å²) in [5.41, 5.74) is -0.0126. The van der Waals surface area contributed by atoms with Crippen molar-refractivity contribution in [3.05, 3.63) is 33.9 Å². The lowest BCUT2D eigenvalue weighted by molar-refractivity contribution is -0.385. The molecule has 14 heavy (non-hydrogen) atoms. The van der Waals surface area contributed by atoms with E-state index in [9.17, 15) is 10.1 Å². The minimum Gasteiger partial charge on any atom is -0.258 e. The molecule has 0 radical (unpaired) electrons. The molecule has 1 aromatic rings. The highest BCUT2D eigenvalue weighted by molar-refractivity contribution is 7.99. The number of thioether (sulfide) groups is 1. The van der Waals surface area contributed by atoms with Gasteiger partial charge in [-0.3, -0.25) is 10.1 Å². The number of nitro benzene ring substituents is 1. The molecule has 0 bridgehead atoms. The van der Waals surface area contributed by atoms with Crippen LogP contribution in [-0.2, 0) is 0 Å². The smallest absolute Gasteiger partial charge is 0.258 e. The van der Waals surface area contributed by atoms with E-state index in [-0.39, 0.29) is 11.3 Å². The van der Waals surface area contributed by atoms with E-state index < -0.39 is 4.92 Å². The molecule has 0 atom stereocenters. The third kappa shape index (κ3) is 2.24. The summed E-state index contributed by atoms with van der Waals surface area (Å²) in [5.74, 6) is 0.850. The normalized spacial score (nSPS) is 9.43. The highest BCUT2D eigenvalue weighted by atomic mass is 32.2. The molecule has 4 nitrogen and oxygen atoms in total.